The van der Waals surface area contributed by atoms with Crippen LogP contribution in [0.5, 0.6) is 0 Å². The molecule has 11 aromatic rings. The number of hydrogen-bond acceptors (Lipinski definition) is 22. The number of ether oxygens (including phenoxy) is 1. The second-order valence-electron chi connectivity index (χ2n) is 28.1. The molecule has 5 heterocycles. The standard InChI is InChI=1S/C23H24FN3O3.C19H19FN2O2.C19H17FN2O2.C11H14O2.C8H9FN2O2.C4H7NO2.Mn.2O/c1-14(2)9-15-3-5-16(6-4-15)22-25-21(26-30-22)17-7-8-18(20(24)10-17)11-27-12-19(13-27)23(28)29;2*1-12(2)9-13-3-5-14(6-4-13)19-21-18(22-24-19)15-7-8-16(11-23)17(20)10-15;1-8(2)7-9-3-5-10(6-4-9)11(12)13;9-7-3-5(8(10)11-13)1-2-6(7)4-12;6-3-7-4-1-5-2-4;;;/h3-8,10,14,19H,9,11-13H2,1-2H3,(H,28,29);3-8,10,12,23H,9,11H2,1-2H3;3-8,10-12H,9H2,1-2H3;3-6,8H,7H2,1-2H3,(H,12,13);1-3,12-13H,4H2,(H2,10,11);3-5H,1-2H2;;;. The number of carboxylic acids is 2. The summed E-state index contributed by atoms with van der Waals surface area (Å²) in [4.78, 5) is 56.6. The van der Waals surface area contributed by atoms with Gasteiger partial charge in [0.25, 0.3) is 24.1 Å². The van der Waals surface area contributed by atoms with E-state index in [4.69, 9.17) is 52.6 Å². The monoisotopic (exact) mass is 1610 g/mol. The molecule has 601 valence electrons. The number of carboxylic acid groups (broad SMARTS) is 2. The molecule has 2 fully saturated rings. The van der Waals surface area contributed by atoms with Gasteiger partial charge in [-0.3, -0.25) is 19.3 Å². The van der Waals surface area contributed by atoms with E-state index in [1.54, 1.807) is 36.4 Å². The van der Waals surface area contributed by atoms with Crippen molar-refractivity contribution in [3.05, 3.63) is 249 Å². The molecule has 2 aliphatic rings. The van der Waals surface area contributed by atoms with Gasteiger partial charge in [0.05, 0.1) is 30.3 Å². The summed E-state index contributed by atoms with van der Waals surface area (Å²) in [6.07, 6.45) is 4.66. The number of rotatable bonds is 24. The number of hydrogen-bond donors (Lipinski definition) is 7. The number of aliphatic carboxylic acids is 1. The van der Waals surface area contributed by atoms with Gasteiger partial charge in [0, 0.05) is 88.4 Å². The van der Waals surface area contributed by atoms with E-state index >= 15 is 0 Å². The summed E-state index contributed by atoms with van der Waals surface area (Å²) in [7, 11) is 0. The van der Waals surface area contributed by atoms with Crippen LogP contribution < -0.4 is 11.1 Å². The Morgan fingerprint density at radius 2 is 0.868 bits per heavy atom. The molecule has 0 amide bonds. The Balaban J connectivity index is 0.000000197. The molecule has 0 spiro atoms. The van der Waals surface area contributed by atoms with Crippen molar-refractivity contribution in [2.45, 2.75) is 107 Å². The first-order valence-electron chi connectivity index (χ1n) is 36.2. The van der Waals surface area contributed by atoms with Crippen LogP contribution in [0.1, 0.15) is 121 Å². The predicted octanol–water partition coefficient (Wildman–Crippen LogP) is 14.9. The van der Waals surface area contributed by atoms with Crippen LogP contribution in [-0.4, -0.2) is 124 Å². The van der Waals surface area contributed by atoms with E-state index in [9.17, 15) is 36.7 Å². The normalized spacial score (nSPS) is 12.5. The number of benzene rings is 8. The van der Waals surface area contributed by atoms with Crippen molar-refractivity contribution in [2.24, 2.45) is 40.5 Å². The first-order chi connectivity index (χ1) is 54.6. The fourth-order valence-electron chi connectivity index (χ4n) is 11.2. The Hall–Kier alpha value is -11.8. The predicted molar refractivity (Wildman–Crippen MR) is 411 cm³/mol. The number of oxime groups is 1. The molecule has 0 atom stereocenters. The number of aliphatic hydroxyl groups is 2. The SMILES string of the molecule is CC(C)Cc1ccc(-c2nc(-c3ccc(C=O)c(F)c3)no2)cc1.CC(C)Cc1ccc(-c2nc(-c3ccc(CN4CC(C(=O)O)C4)c(F)c3)no2)cc1.CC(C)Cc1ccc(-c2nc(-c3ccc(CO)c(F)c3)no2)cc1.CC(C)Cc1ccc(C(=O)O)cc1.N/C(=N\O)c1ccc(CO)c(F)c1.O=COC1CNC1.[O]=[Mn]=[O]. The number of carbonyl (C=O) groups excluding carboxylic acids is 2. The molecule has 0 unspecified atom stereocenters. The maximum absolute atomic E-state index is 14.6. The van der Waals surface area contributed by atoms with Crippen molar-refractivity contribution in [1.82, 2.24) is 40.6 Å². The number of nitrogens with one attached hydrogen (secondary N) is 1. The summed E-state index contributed by atoms with van der Waals surface area (Å²) >= 11 is -1.44. The van der Waals surface area contributed by atoms with Crippen molar-refractivity contribution in [2.75, 3.05) is 26.2 Å². The number of aliphatic hydroxyl groups excluding tert-OH is 2. The van der Waals surface area contributed by atoms with Gasteiger partial charge in [-0.15, -0.1) is 0 Å². The van der Waals surface area contributed by atoms with Crippen LogP contribution in [0.3, 0.4) is 0 Å². The van der Waals surface area contributed by atoms with Crippen molar-refractivity contribution in [3.8, 4) is 68.5 Å². The third-order valence-electron chi connectivity index (χ3n) is 17.2. The van der Waals surface area contributed by atoms with E-state index < -0.39 is 44.2 Å². The van der Waals surface area contributed by atoms with Crippen molar-refractivity contribution in [3.63, 3.8) is 0 Å². The van der Waals surface area contributed by atoms with E-state index in [0.717, 1.165) is 61.5 Å². The van der Waals surface area contributed by atoms with E-state index in [-0.39, 0.29) is 65.0 Å². The van der Waals surface area contributed by atoms with Crippen LogP contribution in [0.2, 0.25) is 0 Å². The number of aromatic carboxylic acids is 1. The number of aldehydes is 1. The number of halogens is 4. The third kappa shape index (κ3) is 27.8. The molecule has 30 heteroatoms. The minimum atomic E-state index is -1.44. The number of carbonyl (C=O) groups is 4. The maximum atomic E-state index is 14.6. The topological polar surface area (TPSA) is 383 Å². The molecule has 3 aromatic heterocycles. The summed E-state index contributed by atoms with van der Waals surface area (Å²) in [6, 6.07) is 48.5. The first kappa shape index (κ1) is 89.4. The average molecular weight is 1610 g/mol. The zero-order chi connectivity index (χ0) is 83.0. The summed E-state index contributed by atoms with van der Waals surface area (Å²) in [5.74, 6) is 0.266. The Kier molecular flexibility index (Phi) is 35.3. The molecule has 0 radical (unpaired) electrons. The van der Waals surface area contributed by atoms with Crippen molar-refractivity contribution < 1.29 is 103 Å². The molecule has 0 bridgehead atoms. The molecular formula is C84H90F4MnN10O15. The van der Waals surface area contributed by atoms with Gasteiger partial charge < -0.3 is 55.0 Å². The second kappa shape index (κ2) is 45.0. The van der Waals surface area contributed by atoms with Crippen molar-refractivity contribution >= 4 is 30.5 Å². The zero-order valence-electron chi connectivity index (χ0n) is 63.9. The third-order valence-corrected chi connectivity index (χ3v) is 17.2. The van der Waals surface area contributed by atoms with Gasteiger partial charge >= 0.3 is 34.4 Å². The number of aromatic nitrogens is 6. The van der Waals surface area contributed by atoms with Gasteiger partial charge in [-0.1, -0.05) is 167 Å². The van der Waals surface area contributed by atoms with Crippen LogP contribution in [0.4, 0.5) is 17.6 Å². The fourth-order valence-corrected chi connectivity index (χ4v) is 11.2. The molecular weight excluding hydrogens is 1520 g/mol. The quantitative estimate of drug-likeness (QED) is 0.00562. The summed E-state index contributed by atoms with van der Waals surface area (Å²) < 4.78 is 92.3. The van der Waals surface area contributed by atoms with Gasteiger partial charge in [0.15, 0.2) is 12.1 Å². The molecule has 0 aliphatic carbocycles. The van der Waals surface area contributed by atoms with Crippen molar-refractivity contribution in [1.29, 1.82) is 0 Å². The average Bonchev–Trinajstić information content (AvgIpc) is 1.33. The molecule has 2 saturated heterocycles. The molecule has 8 aromatic carbocycles. The van der Waals surface area contributed by atoms with Gasteiger partial charge in [0.1, 0.15) is 29.4 Å². The van der Waals surface area contributed by atoms with Crippen LogP contribution in [0, 0.1) is 52.9 Å². The molecule has 0 saturated carbocycles. The molecule has 25 nitrogen and oxygen atoms in total. The molecule has 13 rings (SSSR count). The number of amidine groups is 1. The molecule has 114 heavy (non-hydrogen) atoms. The Morgan fingerprint density at radius 3 is 1.17 bits per heavy atom. The Bertz CT molecular complexity index is 4970. The summed E-state index contributed by atoms with van der Waals surface area (Å²) in [5.41, 5.74) is 15.7. The fraction of sp³-hybridized carbons (Fsp3) is 0.298. The van der Waals surface area contributed by atoms with E-state index in [1.165, 1.54) is 64.7 Å². The van der Waals surface area contributed by atoms with Crippen LogP contribution in [0.15, 0.2) is 189 Å². The van der Waals surface area contributed by atoms with E-state index in [1.807, 2.05) is 65.6 Å². The van der Waals surface area contributed by atoms with E-state index in [0.29, 0.717) is 113 Å². The number of nitrogens with zero attached hydrogens (tertiary/aromatic N) is 8. The summed E-state index contributed by atoms with van der Waals surface area (Å²) in [6.45, 7) is 20.0. The summed E-state index contributed by atoms with van der Waals surface area (Å²) in [5, 5.41) is 61.1. The van der Waals surface area contributed by atoms with Crippen LogP contribution in [0.25, 0.3) is 68.5 Å². The Labute approximate surface area is 661 Å². The van der Waals surface area contributed by atoms with Gasteiger partial charge in [-0.05, 0) is 150 Å². The van der Waals surface area contributed by atoms with Crippen LogP contribution >= 0.6 is 0 Å². The first-order valence-corrected chi connectivity index (χ1v) is 37.2. The van der Waals surface area contributed by atoms with Gasteiger partial charge in [0.2, 0.25) is 17.5 Å². The van der Waals surface area contributed by atoms with E-state index in [2.05, 4.69) is 125 Å². The Morgan fingerprint density at radius 1 is 0.526 bits per heavy atom. The minimum absolute atomic E-state index is 0.00297. The molecule has 2 aliphatic heterocycles. The van der Waals surface area contributed by atoms with Gasteiger partial charge in [-0.25, -0.2) is 22.4 Å². The number of likely N-dealkylation sites (tertiary alicyclic amines) is 1. The van der Waals surface area contributed by atoms with Crippen LogP contribution in [-0.2, 0) is 82.3 Å². The zero-order valence-corrected chi connectivity index (χ0v) is 65.1. The second-order valence-corrected chi connectivity index (χ2v) is 28.3. The number of nitrogens with two attached hydrogens (primary N) is 1. The van der Waals surface area contributed by atoms with Gasteiger partial charge in [-0.2, -0.15) is 15.0 Å². The molecule has 8 N–H and O–H groups in total.